The quantitative estimate of drug-likeness (QED) is 0.666. The summed E-state index contributed by atoms with van der Waals surface area (Å²) in [5, 5.41) is 0. The molecule has 88 valence electrons. The first-order valence-corrected chi connectivity index (χ1v) is 16.0. The van der Waals surface area contributed by atoms with Gasteiger partial charge in [-0.1, -0.05) is 0 Å². The van der Waals surface area contributed by atoms with E-state index in [0.717, 1.165) is 0 Å². The monoisotopic (exact) mass is 404 g/mol. The minimum absolute atomic E-state index is 1.29. The average molecular weight is 403 g/mol. The molecule has 0 fully saturated rings. The molecule has 0 nitrogen and oxygen atoms in total. The van der Waals surface area contributed by atoms with Gasteiger partial charge in [0.2, 0.25) is 0 Å². The zero-order chi connectivity index (χ0) is 11.7. The molecular weight excluding hydrogens is 388 g/mol. The van der Waals surface area contributed by atoms with Gasteiger partial charge in [-0.2, -0.15) is 0 Å². The van der Waals surface area contributed by atoms with E-state index in [1.54, 1.807) is 11.1 Å². The molecule has 2 aromatic carbocycles. The summed E-state index contributed by atoms with van der Waals surface area (Å²) in [6.07, 6.45) is 0. The van der Waals surface area contributed by atoms with Crippen LogP contribution in [0.3, 0.4) is 0 Å². The fourth-order valence-corrected chi connectivity index (χ4v) is 15.4. The third-order valence-electron chi connectivity index (χ3n) is 3.21. The summed E-state index contributed by atoms with van der Waals surface area (Å²) in [4.78, 5) is 0. The molecule has 0 saturated carbocycles. The van der Waals surface area contributed by atoms with Gasteiger partial charge in [0.25, 0.3) is 0 Å². The van der Waals surface area contributed by atoms with Gasteiger partial charge in [-0.3, -0.25) is 0 Å². The van der Waals surface area contributed by atoms with Crippen molar-refractivity contribution in [2.24, 2.45) is 0 Å². The Bertz CT molecular complexity index is 496. The van der Waals surface area contributed by atoms with E-state index in [0.29, 0.717) is 0 Å². The Labute approximate surface area is 113 Å². The molecule has 0 unspecified atom stereocenters. The van der Waals surface area contributed by atoms with Gasteiger partial charge in [0.1, 0.15) is 0 Å². The molecule has 17 heavy (non-hydrogen) atoms. The number of fused-ring (bicyclic) bond motifs is 1. The maximum absolute atomic E-state index is 4.15. The van der Waals surface area contributed by atoms with Gasteiger partial charge >= 0.3 is 113 Å². The first-order chi connectivity index (χ1) is 8.25. The number of hydrogen-bond acceptors (Lipinski definition) is 0. The SMILES string of the molecule is Br[Te]1(Cc2ccccc2)Cc2ccccc2C1. The van der Waals surface area contributed by atoms with Gasteiger partial charge in [0, 0.05) is 0 Å². The number of halogens is 1. The van der Waals surface area contributed by atoms with Gasteiger partial charge in [0.15, 0.2) is 0 Å². The second kappa shape index (κ2) is 4.76. The fourth-order valence-electron chi connectivity index (χ4n) is 2.42. The van der Waals surface area contributed by atoms with Crippen molar-refractivity contribution in [2.45, 2.75) is 13.4 Å². The van der Waals surface area contributed by atoms with Crippen molar-refractivity contribution in [2.75, 3.05) is 0 Å². The Balaban J connectivity index is 1.82. The van der Waals surface area contributed by atoms with Gasteiger partial charge < -0.3 is 0 Å². The Morgan fingerprint density at radius 1 is 0.824 bits per heavy atom. The van der Waals surface area contributed by atoms with Crippen molar-refractivity contribution in [3.63, 3.8) is 0 Å². The Hall–Kier alpha value is -0.290. The van der Waals surface area contributed by atoms with E-state index in [4.69, 9.17) is 0 Å². The Morgan fingerprint density at radius 2 is 1.35 bits per heavy atom. The third kappa shape index (κ3) is 2.60. The second-order valence-electron chi connectivity index (χ2n) is 4.63. The number of benzene rings is 2. The van der Waals surface area contributed by atoms with E-state index in [2.05, 4.69) is 67.4 Å². The van der Waals surface area contributed by atoms with Crippen LogP contribution in [0.25, 0.3) is 0 Å². The van der Waals surface area contributed by atoms with Gasteiger partial charge in [-0.25, -0.2) is 0 Å². The molecule has 0 spiro atoms. The van der Waals surface area contributed by atoms with Crippen LogP contribution in [-0.4, -0.2) is 16.0 Å². The first-order valence-electron chi connectivity index (χ1n) is 5.82. The molecule has 2 aromatic rings. The molecular formula is C15H15BrTe. The van der Waals surface area contributed by atoms with Crippen LogP contribution in [0.2, 0.25) is 0 Å². The molecule has 2 heteroatoms. The molecule has 0 atom stereocenters. The molecule has 0 radical (unpaired) electrons. The van der Waals surface area contributed by atoms with E-state index >= 15 is 0 Å². The maximum atomic E-state index is 4.15. The van der Waals surface area contributed by atoms with Crippen LogP contribution >= 0.6 is 12.8 Å². The van der Waals surface area contributed by atoms with Crippen molar-refractivity contribution in [3.05, 3.63) is 71.3 Å². The zero-order valence-electron chi connectivity index (χ0n) is 9.60. The number of hydrogen-bond donors (Lipinski definition) is 0. The summed E-state index contributed by atoms with van der Waals surface area (Å²) in [6, 6.07) is 19.9. The van der Waals surface area contributed by atoms with Gasteiger partial charge in [-0.05, 0) is 0 Å². The summed E-state index contributed by atoms with van der Waals surface area (Å²) < 4.78 is 3.94. The summed E-state index contributed by atoms with van der Waals surface area (Å²) in [5.74, 6) is 0. The van der Waals surface area contributed by atoms with E-state index in [9.17, 15) is 0 Å². The van der Waals surface area contributed by atoms with Crippen molar-refractivity contribution in [1.29, 1.82) is 0 Å². The molecule has 0 saturated heterocycles. The van der Waals surface area contributed by atoms with Crippen molar-refractivity contribution in [3.8, 4) is 0 Å². The molecule has 1 aliphatic heterocycles. The minimum atomic E-state index is -1.89. The van der Waals surface area contributed by atoms with Crippen LogP contribution in [0.4, 0.5) is 0 Å². The zero-order valence-corrected chi connectivity index (χ0v) is 13.5. The third-order valence-corrected chi connectivity index (χ3v) is 15.0. The number of rotatable bonds is 2. The summed E-state index contributed by atoms with van der Waals surface area (Å²) in [7, 11) is 0. The van der Waals surface area contributed by atoms with Crippen molar-refractivity contribution >= 4 is 28.7 Å². The van der Waals surface area contributed by atoms with E-state index in [1.165, 1.54) is 19.0 Å². The van der Waals surface area contributed by atoms with Gasteiger partial charge in [0.05, 0.1) is 0 Å². The van der Waals surface area contributed by atoms with Crippen LogP contribution < -0.4 is 0 Å². The molecule has 0 N–H and O–H groups in total. The van der Waals surface area contributed by atoms with Crippen LogP contribution in [0.15, 0.2) is 54.6 Å². The van der Waals surface area contributed by atoms with E-state index in [-0.39, 0.29) is 0 Å². The van der Waals surface area contributed by atoms with Gasteiger partial charge in [-0.15, -0.1) is 0 Å². The first kappa shape index (κ1) is 11.8. The van der Waals surface area contributed by atoms with Crippen molar-refractivity contribution < 1.29 is 0 Å². The molecule has 0 aliphatic carbocycles. The normalized spacial score (nSPS) is 18.6. The van der Waals surface area contributed by atoms with Crippen molar-refractivity contribution in [1.82, 2.24) is 0 Å². The second-order valence-corrected chi connectivity index (χ2v) is 21.7. The van der Waals surface area contributed by atoms with E-state index in [1.807, 2.05) is 0 Å². The Kier molecular flexibility index (Phi) is 3.30. The van der Waals surface area contributed by atoms with Crippen LogP contribution in [0.1, 0.15) is 16.7 Å². The van der Waals surface area contributed by atoms with Crippen LogP contribution in [0.5, 0.6) is 0 Å². The van der Waals surface area contributed by atoms with Crippen LogP contribution in [-0.2, 0) is 13.4 Å². The predicted molar refractivity (Wildman–Crippen MR) is 78.7 cm³/mol. The Morgan fingerprint density at radius 3 is 1.94 bits per heavy atom. The molecule has 0 aromatic heterocycles. The topological polar surface area (TPSA) is 0 Å². The van der Waals surface area contributed by atoms with Crippen LogP contribution in [0, 0.1) is 0 Å². The average Bonchev–Trinajstić information content (AvgIpc) is 2.66. The van der Waals surface area contributed by atoms with E-state index < -0.39 is 16.0 Å². The summed E-state index contributed by atoms with van der Waals surface area (Å²) in [5.41, 5.74) is 4.67. The summed E-state index contributed by atoms with van der Waals surface area (Å²) >= 11 is 2.27. The summed E-state index contributed by atoms with van der Waals surface area (Å²) in [6.45, 7) is 0. The molecule has 1 heterocycles. The molecule has 1 aliphatic rings. The fraction of sp³-hybridized carbons (Fsp3) is 0.200. The molecule has 0 amide bonds. The standard InChI is InChI=1S/C15H15BrTe/c16-17(10-13-6-2-1-3-7-13)11-14-8-4-5-9-15(14)12-17/h1-9H,10-12H2. The predicted octanol–water partition coefficient (Wildman–Crippen LogP) is 3.99. The molecule has 0 bridgehead atoms. The molecule has 3 rings (SSSR count).